The molecule has 0 fully saturated rings. The molecule has 0 heterocycles. The van der Waals surface area contributed by atoms with Crippen LogP contribution >= 0.6 is 0 Å². The fraction of sp³-hybridized carbons (Fsp3) is 0.200. The van der Waals surface area contributed by atoms with Crippen molar-refractivity contribution >= 4 is 12.0 Å². The Hall–Kier alpha value is -1.44. The molecule has 0 N–H and O–H groups in total. The first kappa shape index (κ1) is 8.65. The molecular weight excluding hydrogens is 150 g/mol. The summed E-state index contributed by atoms with van der Waals surface area (Å²) in [5.74, 6) is 0.0926. The molecule has 2 heteroatoms. The topological polar surface area (TPSA) is 29.4 Å². The van der Waals surface area contributed by atoms with Crippen LogP contribution in [0, 0.1) is 0 Å². The van der Waals surface area contributed by atoms with Crippen molar-refractivity contribution in [1.82, 2.24) is 0 Å². The molecule has 0 aliphatic rings. The summed E-state index contributed by atoms with van der Waals surface area (Å²) >= 11 is 0. The average molecular weight is 161 g/mol. The smallest absolute Gasteiger partial charge is 0.159 e. The number of carbonyl (C=O) groups excluding carboxylic acids is 1. The van der Waals surface area contributed by atoms with Crippen molar-refractivity contribution in [2.75, 3.05) is 7.05 Å². The van der Waals surface area contributed by atoms with Gasteiger partial charge in [0.05, 0.1) is 0 Å². The van der Waals surface area contributed by atoms with Crippen LogP contribution < -0.4 is 0 Å². The second-order valence-corrected chi connectivity index (χ2v) is 2.57. The Morgan fingerprint density at radius 3 is 2.33 bits per heavy atom. The lowest BCUT2D eigenvalue weighted by Crippen LogP contribution is -1.91. The predicted octanol–water partition coefficient (Wildman–Crippen LogP) is 1.94. The van der Waals surface area contributed by atoms with Gasteiger partial charge in [-0.2, -0.15) is 0 Å². The monoisotopic (exact) mass is 161 g/mol. The molecule has 0 radical (unpaired) electrons. The summed E-state index contributed by atoms with van der Waals surface area (Å²) in [6.07, 6.45) is 1.75. The molecule has 1 aromatic rings. The molecule has 0 bridgehead atoms. The lowest BCUT2D eigenvalue weighted by molar-refractivity contribution is 0.101. The third-order valence-corrected chi connectivity index (χ3v) is 1.60. The van der Waals surface area contributed by atoms with Gasteiger partial charge < -0.3 is 0 Å². The SMILES string of the molecule is C/N=C/c1ccc(C(C)=O)cc1. The summed E-state index contributed by atoms with van der Waals surface area (Å²) in [6.45, 7) is 1.56. The molecule has 1 rings (SSSR count). The van der Waals surface area contributed by atoms with Gasteiger partial charge in [-0.3, -0.25) is 9.79 Å². The Balaban J connectivity index is 2.93. The van der Waals surface area contributed by atoms with Crippen LogP contribution in [0.4, 0.5) is 0 Å². The van der Waals surface area contributed by atoms with E-state index in [4.69, 9.17) is 0 Å². The number of rotatable bonds is 2. The Morgan fingerprint density at radius 2 is 1.92 bits per heavy atom. The Bertz CT molecular complexity index is 298. The highest BCUT2D eigenvalue weighted by molar-refractivity contribution is 5.94. The van der Waals surface area contributed by atoms with E-state index in [9.17, 15) is 4.79 Å². The van der Waals surface area contributed by atoms with E-state index in [1.165, 1.54) is 0 Å². The molecule has 0 amide bonds. The molecule has 0 aromatic heterocycles. The molecule has 0 atom stereocenters. The third-order valence-electron chi connectivity index (χ3n) is 1.60. The molecule has 12 heavy (non-hydrogen) atoms. The number of ketones is 1. The summed E-state index contributed by atoms with van der Waals surface area (Å²) in [4.78, 5) is 14.8. The van der Waals surface area contributed by atoms with E-state index in [0.717, 1.165) is 11.1 Å². The minimum absolute atomic E-state index is 0.0926. The van der Waals surface area contributed by atoms with Gasteiger partial charge in [0, 0.05) is 18.8 Å². The van der Waals surface area contributed by atoms with E-state index in [1.54, 1.807) is 32.3 Å². The fourth-order valence-corrected chi connectivity index (χ4v) is 0.953. The number of hydrogen-bond acceptors (Lipinski definition) is 2. The molecular formula is C10H11NO. The van der Waals surface area contributed by atoms with Crippen LogP contribution in [0.15, 0.2) is 29.3 Å². The van der Waals surface area contributed by atoms with E-state index in [1.807, 2.05) is 12.1 Å². The standard InChI is InChI=1S/C10H11NO/c1-8(12)10-5-3-9(4-6-10)7-11-2/h3-7H,1-2H3/b11-7+. The quantitative estimate of drug-likeness (QED) is 0.481. The summed E-state index contributed by atoms with van der Waals surface area (Å²) in [6, 6.07) is 7.37. The van der Waals surface area contributed by atoms with E-state index in [2.05, 4.69) is 4.99 Å². The van der Waals surface area contributed by atoms with Gasteiger partial charge in [-0.15, -0.1) is 0 Å². The van der Waals surface area contributed by atoms with Crippen LogP contribution in [-0.2, 0) is 0 Å². The van der Waals surface area contributed by atoms with Gasteiger partial charge >= 0.3 is 0 Å². The summed E-state index contributed by atoms with van der Waals surface area (Å²) in [5.41, 5.74) is 1.76. The first-order valence-electron chi connectivity index (χ1n) is 3.77. The molecule has 0 saturated carbocycles. The van der Waals surface area contributed by atoms with Crippen LogP contribution in [0.5, 0.6) is 0 Å². The highest BCUT2D eigenvalue weighted by atomic mass is 16.1. The van der Waals surface area contributed by atoms with Gasteiger partial charge in [-0.1, -0.05) is 24.3 Å². The number of benzene rings is 1. The van der Waals surface area contributed by atoms with Gasteiger partial charge in [-0.25, -0.2) is 0 Å². The predicted molar refractivity (Wildman–Crippen MR) is 50.0 cm³/mol. The van der Waals surface area contributed by atoms with E-state index in [0.29, 0.717) is 0 Å². The van der Waals surface area contributed by atoms with E-state index in [-0.39, 0.29) is 5.78 Å². The highest BCUT2D eigenvalue weighted by Crippen LogP contribution is 2.02. The number of hydrogen-bond donors (Lipinski definition) is 0. The van der Waals surface area contributed by atoms with Crippen molar-refractivity contribution in [3.63, 3.8) is 0 Å². The number of Topliss-reactive ketones (excluding diaryl/α,β-unsaturated/α-hetero) is 1. The molecule has 1 aromatic carbocycles. The number of carbonyl (C=O) groups is 1. The second-order valence-electron chi connectivity index (χ2n) is 2.57. The lowest BCUT2D eigenvalue weighted by Gasteiger charge is -1.95. The first-order chi connectivity index (χ1) is 5.74. The number of nitrogens with zero attached hydrogens (tertiary/aromatic N) is 1. The Morgan fingerprint density at radius 1 is 1.33 bits per heavy atom. The maximum Gasteiger partial charge on any atom is 0.159 e. The highest BCUT2D eigenvalue weighted by Gasteiger charge is 1.96. The zero-order valence-electron chi connectivity index (χ0n) is 7.24. The minimum atomic E-state index is 0.0926. The maximum absolute atomic E-state index is 10.9. The van der Waals surface area contributed by atoms with Gasteiger partial charge in [0.1, 0.15) is 0 Å². The van der Waals surface area contributed by atoms with Gasteiger partial charge in [0.25, 0.3) is 0 Å². The molecule has 62 valence electrons. The zero-order chi connectivity index (χ0) is 8.97. The van der Waals surface area contributed by atoms with Crippen LogP contribution in [-0.4, -0.2) is 19.0 Å². The fourth-order valence-electron chi connectivity index (χ4n) is 0.953. The first-order valence-corrected chi connectivity index (χ1v) is 3.77. The van der Waals surface area contributed by atoms with Crippen molar-refractivity contribution in [2.24, 2.45) is 4.99 Å². The molecule has 0 spiro atoms. The lowest BCUT2D eigenvalue weighted by atomic mass is 10.1. The normalized spacial score (nSPS) is 10.5. The zero-order valence-corrected chi connectivity index (χ0v) is 7.24. The molecule has 0 aliphatic heterocycles. The van der Waals surface area contributed by atoms with Gasteiger partial charge in [-0.05, 0) is 12.5 Å². The number of aliphatic imine (C=N–C) groups is 1. The van der Waals surface area contributed by atoms with Crippen LogP contribution in [0.25, 0.3) is 0 Å². The van der Waals surface area contributed by atoms with E-state index >= 15 is 0 Å². The Kier molecular flexibility index (Phi) is 2.75. The van der Waals surface area contributed by atoms with Crippen molar-refractivity contribution in [2.45, 2.75) is 6.92 Å². The molecule has 0 saturated heterocycles. The van der Waals surface area contributed by atoms with Crippen molar-refractivity contribution in [3.05, 3.63) is 35.4 Å². The van der Waals surface area contributed by atoms with Crippen LogP contribution in [0.3, 0.4) is 0 Å². The minimum Gasteiger partial charge on any atom is -0.296 e. The van der Waals surface area contributed by atoms with Crippen LogP contribution in [0.2, 0.25) is 0 Å². The van der Waals surface area contributed by atoms with Crippen molar-refractivity contribution in [3.8, 4) is 0 Å². The maximum atomic E-state index is 10.9. The second kappa shape index (κ2) is 3.81. The third kappa shape index (κ3) is 2.02. The van der Waals surface area contributed by atoms with Crippen LogP contribution in [0.1, 0.15) is 22.8 Å². The summed E-state index contributed by atoms with van der Waals surface area (Å²) < 4.78 is 0. The van der Waals surface area contributed by atoms with Crippen molar-refractivity contribution < 1.29 is 4.79 Å². The van der Waals surface area contributed by atoms with Gasteiger partial charge in [0.2, 0.25) is 0 Å². The van der Waals surface area contributed by atoms with Gasteiger partial charge in [0.15, 0.2) is 5.78 Å². The largest absolute Gasteiger partial charge is 0.296 e. The summed E-state index contributed by atoms with van der Waals surface area (Å²) in [5, 5.41) is 0. The molecule has 2 nitrogen and oxygen atoms in total. The van der Waals surface area contributed by atoms with Crippen molar-refractivity contribution in [1.29, 1.82) is 0 Å². The van der Waals surface area contributed by atoms with E-state index < -0.39 is 0 Å². The molecule has 0 aliphatic carbocycles. The summed E-state index contributed by atoms with van der Waals surface area (Å²) in [7, 11) is 1.72. The Labute approximate surface area is 71.9 Å². The molecule has 0 unspecified atom stereocenters. The average Bonchev–Trinajstić information content (AvgIpc) is 2.06.